The van der Waals surface area contributed by atoms with Crippen molar-refractivity contribution in [1.82, 2.24) is 10.6 Å². The molecule has 2 aromatic carbocycles. The van der Waals surface area contributed by atoms with Crippen molar-refractivity contribution in [2.75, 3.05) is 0 Å². The second kappa shape index (κ2) is 9.19. The van der Waals surface area contributed by atoms with E-state index in [1.165, 1.54) is 5.56 Å². The smallest absolute Gasteiger partial charge is 0.407 e. The van der Waals surface area contributed by atoms with Gasteiger partial charge in [0.1, 0.15) is 6.61 Å². The highest BCUT2D eigenvalue weighted by molar-refractivity contribution is 9.10. The minimum Gasteiger partial charge on any atom is -0.445 e. The standard InChI is InChI=1S/C21H25BrN2O2/c1-15(11-16-7-9-18(22)10-8-16)23-19-12-20(13-19)24-21(25)26-14-17-5-3-2-4-6-17/h2-10,15,19-20,23H,11-14H2,1H3,(H,24,25). The Labute approximate surface area is 163 Å². The predicted octanol–water partition coefficient (Wildman–Crippen LogP) is 4.43. The number of hydrogen-bond donors (Lipinski definition) is 2. The average Bonchev–Trinajstić information content (AvgIpc) is 2.61. The van der Waals surface area contributed by atoms with Crippen LogP contribution in [0, 0.1) is 0 Å². The number of alkyl carbamates (subject to hydrolysis) is 1. The molecule has 138 valence electrons. The number of carbonyl (C=O) groups excluding carboxylic acids is 1. The fourth-order valence-corrected chi connectivity index (χ4v) is 3.50. The third-order valence-electron chi connectivity index (χ3n) is 4.65. The molecule has 3 rings (SSSR count). The van der Waals surface area contributed by atoms with Crippen molar-refractivity contribution in [3.05, 3.63) is 70.2 Å². The maximum Gasteiger partial charge on any atom is 0.407 e. The van der Waals surface area contributed by atoms with E-state index >= 15 is 0 Å². The second-order valence-electron chi connectivity index (χ2n) is 6.97. The van der Waals surface area contributed by atoms with E-state index in [0.29, 0.717) is 18.7 Å². The number of benzene rings is 2. The molecule has 1 amide bonds. The molecule has 0 aromatic heterocycles. The lowest BCUT2D eigenvalue weighted by atomic mass is 9.86. The van der Waals surface area contributed by atoms with Gasteiger partial charge in [0.05, 0.1) is 0 Å². The molecule has 1 fully saturated rings. The molecule has 0 saturated heterocycles. The quantitative estimate of drug-likeness (QED) is 0.701. The van der Waals surface area contributed by atoms with Crippen molar-refractivity contribution in [2.45, 2.75) is 50.9 Å². The first kappa shape index (κ1) is 18.9. The van der Waals surface area contributed by atoms with Crippen LogP contribution in [0.1, 0.15) is 30.9 Å². The van der Waals surface area contributed by atoms with Crippen LogP contribution in [0.2, 0.25) is 0 Å². The van der Waals surface area contributed by atoms with Crippen LogP contribution in [0.4, 0.5) is 4.79 Å². The van der Waals surface area contributed by atoms with Gasteiger partial charge in [-0.25, -0.2) is 4.79 Å². The maximum absolute atomic E-state index is 11.9. The summed E-state index contributed by atoms with van der Waals surface area (Å²) >= 11 is 3.46. The Hall–Kier alpha value is -1.85. The third-order valence-corrected chi connectivity index (χ3v) is 5.18. The van der Waals surface area contributed by atoms with Gasteiger partial charge in [0.15, 0.2) is 0 Å². The van der Waals surface area contributed by atoms with Crippen LogP contribution < -0.4 is 10.6 Å². The topological polar surface area (TPSA) is 50.4 Å². The number of amides is 1. The van der Waals surface area contributed by atoms with Crippen LogP contribution in [0.15, 0.2) is 59.1 Å². The number of rotatable bonds is 7. The minimum atomic E-state index is -0.333. The van der Waals surface area contributed by atoms with Gasteiger partial charge in [0.2, 0.25) is 0 Å². The number of nitrogens with one attached hydrogen (secondary N) is 2. The largest absolute Gasteiger partial charge is 0.445 e. The molecule has 1 atom stereocenters. The van der Waals surface area contributed by atoms with E-state index in [1.807, 2.05) is 30.3 Å². The second-order valence-corrected chi connectivity index (χ2v) is 7.89. The van der Waals surface area contributed by atoms with E-state index in [0.717, 1.165) is 29.3 Å². The number of carbonyl (C=O) groups is 1. The molecule has 2 N–H and O–H groups in total. The average molecular weight is 417 g/mol. The highest BCUT2D eigenvalue weighted by atomic mass is 79.9. The van der Waals surface area contributed by atoms with Gasteiger partial charge in [-0.1, -0.05) is 58.4 Å². The molecule has 1 unspecified atom stereocenters. The first-order valence-electron chi connectivity index (χ1n) is 9.06. The summed E-state index contributed by atoms with van der Waals surface area (Å²) < 4.78 is 6.37. The molecule has 2 aromatic rings. The van der Waals surface area contributed by atoms with Gasteiger partial charge in [-0.15, -0.1) is 0 Å². The summed E-state index contributed by atoms with van der Waals surface area (Å²) in [5.41, 5.74) is 2.32. The molecule has 1 aliphatic carbocycles. The van der Waals surface area contributed by atoms with Crippen molar-refractivity contribution in [1.29, 1.82) is 0 Å². The van der Waals surface area contributed by atoms with Crippen LogP contribution >= 0.6 is 15.9 Å². The third kappa shape index (κ3) is 5.85. The first-order valence-corrected chi connectivity index (χ1v) is 9.85. The van der Waals surface area contributed by atoms with Crippen LogP contribution in [0.5, 0.6) is 0 Å². The summed E-state index contributed by atoms with van der Waals surface area (Å²) in [6, 6.07) is 19.2. The Morgan fingerprint density at radius 2 is 1.77 bits per heavy atom. The van der Waals surface area contributed by atoms with E-state index in [2.05, 4.69) is 57.8 Å². The lowest BCUT2D eigenvalue weighted by Gasteiger charge is -2.38. The van der Waals surface area contributed by atoms with Crippen LogP contribution in [0.3, 0.4) is 0 Å². The maximum atomic E-state index is 11.9. The summed E-state index contributed by atoms with van der Waals surface area (Å²) in [6.45, 7) is 2.52. The zero-order valence-corrected chi connectivity index (χ0v) is 16.5. The molecule has 0 radical (unpaired) electrons. The minimum absolute atomic E-state index is 0.204. The molecule has 4 nitrogen and oxygen atoms in total. The molecule has 0 heterocycles. The van der Waals surface area contributed by atoms with Gasteiger partial charge in [-0.3, -0.25) is 0 Å². The van der Waals surface area contributed by atoms with E-state index in [-0.39, 0.29) is 12.1 Å². The summed E-state index contributed by atoms with van der Waals surface area (Å²) in [5.74, 6) is 0. The van der Waals surface area contributed by atoms with Crippen molar-refractivity contribution >= 4 is 22.0 Å². The highest BCUT2D eigenvalue weighted by Crippen LogP contribution is 2.21. The predicted molar refractivity (Wildman–Crippen MR) is 107 cm³/mol. The van der Waals surface area contributed by atoms with Gasteiger partial charge in [-0.05, 0) is 49.4 Å². The van der Waals surface area contributed by atoms with E-state index < -0.39 is 0 Å². The summed E-state index contributed by atoms with van der Waals surface area (Å²) in [6.07, 6.45) is 2.57. The summed E-state index contributed by atoms with van der Waals surface area (Å²) in [7, 11) is 0. The Morgan fingerprint density at radius 1 is 1.08 bits per heavy atom. The number of halogens is 1. The molecular weight excluding hydrogens is 392 g/mol. The zero-order chi connectivity index (χ0) is 18.4. The van der Waals surface area contributed by atoms with Crippen molar-refractivity contribution < 1.29 is 9.53 Å². The van der Waals surface area contributed by atoms with Crippen molar-refractivity contribution in [2.24, 2.45) is 0 Å². The molecule has 0 aliphatic heterocycles. The number of ether oxygens (including phenoxy) is 1. The van der Waals surface area contributed by atoms with Crippen LogP contribution in [-0.4, -0.2) is 24.2 Å². The highest BCUT2D eigenvalue weighted by Gasteiger charge is 2.31. The van der Waals surface area contributed by atoms with E-state index in [9.17, 15) is 4.79 Å². The monoisotopic (exact) mass is 416 g/mol. The molecule has 1 saturated carbocycles. The molecule has 26 heavy (non-hydrogen) atoms. The Kier molecular flexibility index (Phi) is 6.69. The van der Waals surface area contributed by atoms with Gasteiger partial charge in [0.25, 0.3) is 0 Å². The number of hydrogen-bond acceptors (Lipinski definition) is 3. The van der Waals surface area contributed by atoms with E-state index in [4.69, 9.17) is 4.74 Å². The molecule has 5 heteroatoms. The lowest BCUT2D eigenvalue weighted by Crippen LogP contribution is -2.54. The summed E-state index contributed by atoms with van der Waals surface area (Å²) in [5, 5.41) is 6.58. The van der Waals surface area contributed by atoms with Gasteiger partial charge >= 0.3 is 6.09 Å². The van der Waals surface area contributed by atoms with Crippen molar-refractivity contribution in [3.8, 4) is 0 Å². The van der Waals surface area contributed by atoms with Gasteiger partial charge < -0.3 is 15.4 Å². The molecule has 0 spiro atoms. The molecule has 0 bridgehead atoms. The SMILES string of the molecule is CC(Cc1ccc(Br)cc1)NC1CC(NC(=O)OCc2ccccc2)C1. The van der Waals surface area contributed by atoms with Crippen LogP contribution in [-0.2, 0) is 17.8 Å². The normalized spacial score (nSPS) is 20.1. The van der Waals surface area contributed by atoms with Crippen molar-refractivity contribution in [3.63, 3.8) is 0 Å². The van der Waals surface area contributed by atoms with Gasteiger partial charge in [-0.2, -0.15) is 0 Å². The molecular formula is C21H25BrN2O2. The fourth-order valence-electron chi connectivity index (χ4n) is 3.24. The Balaban J connectivity index is 1.31. The fraction of sp³-hybridized carbons (Fsp3) is 0.381. The van der Waals surface area contributed by atoms with Crippen LogP contribution in [0.25, 0.3) is 0 Å². The van der Waals surface area contributed by atoms with E-state index in [1.54, 1.807) is 0 Å². The Bertz CT molecular complexity index is 700. The van der Waals surface area contributed by atoms with Gasteiger partial charge in [0, 0.05) is 22.6 Å². The molecule has 1 aliphatic rings. The summed E-state index contributed by atoms with van der Waals surface area (Å²) in [4.78, 5) is 11.9. The Morgan fingerprint density at radius 3 is 2.46 bits per heavy atom. The lowest BCUT2D eigenvalue weighted by molar-refractivity contribution is 0.124. The zero-order valence-electron chi connectivity index (χ0n) is 15.0. The first-order chi connectivity index (χ1) is 12.6.